The number of rotatable bonds is 3. The highest BCUT2D eigenvalue weighted by Crippen LogP contribution is 2.34. The first-order valence-electron chi connectivity index (χ1n) is 11.0. The summed E-state index contributed by atoms with van der Waals surface area (Å²) in [6.45, 7) is 5.98. The third-order valence-electron chi connectivity index (χ3n) is 6.13. The Hall–Kier alpha value is -2.52. The van der Waals surface area contributed by atoms with Gasteiger partial charge in [0.1, 0.15) is 29.5 Å². The Kier molecular flexibility index (Phi) is 6.46. The lowest BCUT2D eigenvalue weighted by molar-refractivity contribution is -0.126. The van der Waals surface area contributed by atoms with Gasteiger partial charge in [-0.2, -0.15) is 0 Å². The van der Waals surface area contributed by atoms with E-state index in [1.165, 1.54) is 24.0 Å². The second-order valence-corrected chi connectivity index (χ2v) is 9.38. The molecule has 0 spiro atoms. The molecule has 7 nitrogen and oxygen atoms in total. The highest BCUT2D eigenvalue weighted by atomic mass is 35.5. The molecule has 2 fully saturated rings. The summed E-state index contributed by atoms with van der Waals surface area (Å²) in [6, 6.07) is 0. The number of hydrogen-bond donors (Lipinski definition) is 3. The van der Waals surface area contributed by atoms with Gasteiger partial charge in [-0.1, -0.05) is 17.7 Å². The first-order valence-corrected chi connectivity index (χ1v) is 11.4. The predicted octanol–water partition coefficient (Wildman–Crippen LogP) is 3.25. The van der Waals surface area contributed by atoms with Crippen LogP contribution in [0.3, 0.4) is 0 Å². The van der Waals surface area contributed by atoms with Crippen LogP contribution >= 0.6 is 11.6 Å². The van der Waals surface area contributed by atoms with Gasteiger partial charge in [-0.3, -0.25) is 4.79 Å². The van der Waals surface area contributed by atoms with Gasteiger partial charge in [0.05, 0.1) is 35.1 Å². The van der Waals surface area contributed by atoms with Crippen molar-refractivity contribution in [1.29, 1.82) is 5.41 Å². The SMILES string of the molecule is CC1=N/C(=C2\CN(C(=O)C3=CCC(C)(F)C=C3O[C@H]3CCNC[C@@H]3F)CC2=N)NC(C)=C1Cl. The number of halogens is 3. The van der Waals surface area contributed by atoms with E-state index in [-0.39, 0.29) is 49.0 Å². The van der Waals surface area contributed by atoms with Gasteiger partial charge >= 0.3 is 0 Å². The molecule has 0 aromatic heterocycles. The normalized spacial score (nSPS) is 32.8. The van der Waals surface area contributed by atoms with Gasteiger partial charge in [0.15, 0.2) is 0 Å². The number of alkyl halides is 2. The molecule has 2 saturated heterocycles. The van der Waals surface area contributed by atoms with Crippen LogP contribution in [0.4, 0.5) is 8.78 Å². The van der Waals surface area contributed by atoms with Crippen molar-refractivity contribution in [3.05, 3.63) is 45.6 Å². The van der Waals surface area contributed by atoms with Crippen molar-refractivity contribution in [1.82, 2.24) is 15.5 Å². The minimum absolute atomic E-state index is 0.0129. The fourth-order valence-electron chi connectivity index (χ4n) is 4.25. The summed E-state index contributed by atoms with van der Waals surface area (Å²) in [6.07, 6.45) is 1.21. The number of aliphatic imine (C=N–C) groups is 1. The Bertz CT molecular complexity index is 1040. The molecular weight excluding hydrogens is 452 g/mol. The second-order valence-electron chi connectivity index (χ2n) is 9.00. The summed E-state index contributed by atoms with van der Waals surface area (Å²) in [5.74, 6) is 0.169. The Balaban J connectivity index is 1.55. The molecule has 3 aliphatic heterocycles. The van der Waals surface area contributed by atoms with E-state index in [0.29, 0.717) is 35.1 Å². The fourth-order valence-corrected chi connectivity index (χ4v) is 4.34. The molecule has 0 bridgehead atoms. The lowest BCUT2D eigenvalue weighted by Gasteiger charge is -2.32. The largest absolute Gasteiger partial charge is 0.487 e. The van der Waals surface area contributed by atoms with Crippen LogP contribution in [-0.2, 0) is 9.53 Å². The quantitative estimate of drug-likeness (QED) is 0.579. The van der Waals surface area contributed by atoms with Gasteiger partial charge in [0.25, 0.3) is 5.91 Å². The van der Waals surface area contributed by atoms with Gasteiger partial charge in [0.2, 0.25) is 0 Å². The molecule has 1 amide bonds. The Morgan fingerprint density at radius 2 is 2.15 bits per heavy atom. The number of carbonyl (C=O) groups excluding carboxylic acids is 1. The third-order valence-corrected chi connectivity index (χ3v) is 6.68. The fraction of sp³-hybridized carbons (Fsp3) is 0.522. The first kappa shape index (κ1) is 23.6. The summed E-state index contributed by atoms with van der Waals surface area (Å²) >= 11 is 6.19. The molecular formula is C23H28ClF2N5O2. The summed E-state index contributed by atoms with van der Waals surface area (Å²) < 4.78 is 34.9. The van der Waals surface area contributed by atoms with E-state index < -0.39 is 17.9 Å². The molecule has 3 heterocycles. The van der Waals surface area contributed by atoms with E-state index >= 15 is 0 Å². The molecule has 4 aliphatic rings. The average molecular weight is 480 g/mol. The van der Waals surface area contributed by atoms with Crippen LogP contribution in [0, 0.1) is 5.41 Å². The summed E-state index contributed by atoms with van der Waals surface area (Å²) in [5, 5.41) is 15.0. The molecule has 3 N–H and O–H groups in total. The minimum atomic E-state index is -1.69. The van der Waals surface area contributed by atoms with Crippen molar-refractivity contribution < 1.29 is 18.3 Å². The number of nitrogens with zero attached hydrogens (tertiary/aromatic N) is 2. The van der Waals surface area contributed by atoms with E-state index in [9.17, 15) is 13.6 Å². The van der Waals surface area contributed by atoms with Crippen LogP contribution in [0.25, 0.3) is 0 Å². The molecule has 4 rings (SSSR count). The van der Waals surface area contributed by atoms with Gasteiger partial charge in [0, 0.05) is 24.2 Å². The van der Waals surface area contributed by atoms with E-state index in [0.717, 1.165) is 5.70 Å². The van der Waals surface area contributed by atoms with Gasteiger partial charge < -0.3 is 25.7 Å². The van der Waals surface area contributed by atoms with E-state index in [2.05, 4.69) is 15.6 Å². The number of amides is 1. The van der Waals surface area contributed by atoms with E-state index in [1.807, 2.05) is 6.92 Å². The van der Waals surface area contributed by atoms with Crippen LogP contribution in [0.2, 0.25) is 0 Å². The summed E-state index contributed by atoms with van der Waals surface area (Å²) in [7, 11) is 0. The number of hydrogen-bond acceptors (Lipinski definition) is 6. The minimum Gasteiger partial charge on any atom is -0.487 e. The lowest BCUT2D eigenvalue weighted by atomic mass is 9.93. The van der Waals surface area contributed by atoms with Gasteiger partial charge in [-0.05, 0) is 39.8 Å². The maximum Gasteiger partial charge on any atom is 0.257 e. The molecule has 0 saturated carbocycles. The highest BCUT2D eigenvalue weighted by molar-refractivity contribution is 6.43. The average Bonchev–Trinajstić information content (AvgIpc) is 3.14. The lowest BCUT2D eigenvalue weighted by Crippen LogP contribution is -2.43. The second kappa shape index (κ2) is 9.02. The summed E-state index contributed by atoms with van der Waals surface area (Å²) in [5.41, 5.74) is 0.712. The topological polar surface area (TPSA) is 89.8 Å². The van der Waals surface area contributed by atoms with Crippen molar-refractivity contribution in [2.45, 2.75) is 51.6 Å². The molecule has 0 radical (unpaired) electrons. The monoisotopic (exact) mass is 479 g/mol. The molecule has 3 atom stereocenters. The Labute approximate surface area is 196 Å². The van der Waals surface area contributed by atoms with Crippen LogP contribution in [0.1, 0.15) is 33.6 Å². The zero-order chi connectivity index (χ0) is 23.9. The number of allylic oxidation sites excluding steroid dienone is 4. The maximum atomic E-state index is 14.7. The first-order chi connectivity index (χ1) is 15.6. The van der Waals surface area contributed by atoms with Gasteiger partial charge in [-0.15, -0.1) is 0 Å². The van der Waals surface area contributed by atoms with Crippen LogP contribution in [-0.4, -0.2) is 66.4 Å². The number of likely N-dealkylation sites (tertiary alicyclic amines) is 1. The number of piperidine rings is 1. The number of nitrogens with one attached hydrogen (secondary N) is 3. The van der Waals surface area contributed by atoms with Crippen LogP contribution in [0.15, 0.2) is 50.6 Å². The standard InChI is InChI=1S/C23H28ClF2N5O2/c1-12-20(24)13(2)30-21(29-12)15-10-31(11-17(15)27)22(32)14-4-6-23(3,26)8-19(14)33-18-5-7-28-9-16(18)25/h4,8,16,18,27-29H,5-7,9-11H2,1-3H3/b21-15+,27-17?/t16-,18-,23?/m0/s1. The van der Waals surface area contributed by atoms with E-state index in [1.54, 1.807) is 6.92 Å². The maximum absolute atomic E-state index is 14.7. The third kappa shape index (κ3) is 4.89. The molecule has 178 valence electrons. The zero-order valence-corrected chi connectivity index (χ0v) is 19.7. The van der Waals surface area contributed by atoms with Crippen molar-refractivity contribution in [2.24, 2.45) is 4.99 Å². The van der Waals surface area contributed by atoms with E-state index in [4.69, 9.17) is 21.7 Å². The molecule has 1 aliphatic carbocycles. The molecule has 10 heteroatoms. The summed E-state index contributed by atoms with van der Waals surface area (Å²) in [4.78, 5) is 19.3. The smallest absolute Gasteiger partial charge is 0.257 e. The molecule has 0 aromatic rings. The van der Waals surface area contributed by atoms with Crippen molar-refractivity contribution >= 4 is 28.9 Å². The van der Waals surface area contributed by atoms with Crippen molar-refractivity contribution in [3.8, 4) is 0 Å². The number of ether oxygens (including phenoxy) is 1. The van der Waals surface area contributed by atoms with Gasteiger partial charge in [-0.25, -0.2) is 13.8 Å². The predicted molar refractivity (Wildman–Crippen MR) is 124 cm³/mol. The van der Waals surface area contributed by atoms with Crippen LogP contribution in [0.5, 0.6) is 0 Å². The Morgan fingerprint density at radius 1 is 1.39 bits per heavy atom. The molecule has 1 unspecified atom stereocenters. The zero-order valence-electron chi connectivity index (χ0n) is 18.9. The van der Waals surface area contributed by atoms with Crippen LogP contribution < -0.4 is 10.6 Å². The molecule has 33 heavy (non-hydrogen) atoms. The highest BCUT2D eigenvalue weighted by Gasteiger charge is 2.37. The van der Waals surface area contributed by atoms with Crippen molar-refractivity contribution in [3.63, 3.8) is 0 Å². The molecule has 0 aromatic carbocycles. The van der Waals surface area contributed by atoms with Crippen molar-refractivity contribution in [2.75, 3.05) is 26.2 Å². The Morgan fingerprint density at radius 3 is 2.85 bits per heavy atom. The number of carbonyl (C=O) groups is 1.